The lowest BCUT2D eigenvalue weighted by Gasteiger charge is -2.04. The first-order valence-corrected chi connectivity index (χ1v) is 8.47. The number of hydrogen-bond donors (Lipinski definition) is 0. The zero-order valence-electron chi connectivity index (χ0n) is 14.3. The van der Waals surface area contributed by atoms with Crippen LogP contribution in [-0.4, -0.2) is 36.1 Å². The highest BCUT2D eigenvalue weighted by molar-refractivity contribution is 6.31. The molecule has 1 heterocycles. The molecule has 0 saturated carbocycles. The van der Waals surface area contributed by atoms with Gasteiger partial charge in [0.2, 0.25) is 0 Å². The molecular weight excluding hydrogens is 377 g/mol. The van der Waals surface area contributed by atoms with Crippen molar-refractivity contribution in [1.29, 1.82) is 5.26 Å². The number of esters is 1. The van der Waals surface area contributed by atoms with E-state index in [1.165, 1.54) is 13.2 Å². The molecule has 2 rings (SSSR count). The first kappa shape index (κ1) is 20.0. The van der Waals surface area contributed by atoms with Gasteiger partial charge < -0.3 is 9.47 Å². The van der Waals surface area contributed by atoms with Gasteiger partial charge in [0.25, 0.3) is 0 Å². The second-order valence-electron chi connectivity index (χ2n) is 5.37. The summed E-state index contributed by atoms with van der Waals surface area (Å²) >= 11 is 12.3. The highest BCUT2D eigenvalue weighted by atomic mass is 35.5. The minimum absolute atomic E-state index is 0.0664. The van der Waals surface area contributed by atoms with Crippen molar-refractivity contribution in [2.45, 2.75) is 13.5 Å². The van der Waals surface area contributed by atoms with E-state index in [2.05, 4.69) is 5.10 Å². The summed E-state index contributed by atoms with van der Waals surface area (Å²) in [5.74, 6) is -0.731. The van der Waals surface area contributed by atoms with Crippen molar-refractivity contribution in [2.75, 3.05) is 20.3 Å². The zero-order valence-corrected chi connectivity index (χ0v) is 15.8. The molecule has 0 aliphatic rings. The predicted octanol–water partition coefficient (Wildman–Crippen LogP) is 3.64. The molecule has 0 aliphatic carbocycles. The number of carbonyl (C=O) groups is 1. The molecular formula is C18H17Cl2N3O3. The average molecular weight is 394 g/mol. The Bertz CT molecular complexity index is 852. The van der Waals surface area contributed by atoms with Gasteiger partial charge in [0.15, 0.2) is 0 Å². The van der Waals surface area contributed by atoms with E-state index in [1.54, 1.807) is 23.7 Å². The Balaban J connectivity index is 2.23. The van der Waals surface area contributed by atoms with Crippen LogP contribution in [0.1, 0.15) is 16.8 Å². The molecule has 0 unspecified atom stereocenters. The lowest BCUT2D eigenvalue weighted by molar-refractivity contribution is -0.139. The fourth-order valence-electron chi connectivity index (χ4n) is 2.18. The summed E-state index contributed by atoms with van der Waals surface area (Å²) in [7, 11) is 1.49. The zero-order chi connectivity index (χ0) is 19.1. The third-order valence-corrected chi connectivity index (χ3v) is 4.16. The summed E-state index contributed by atoms with van der Waals surface area (Å²) in [5.41, 5.74) is 1.91. The fraction of sp³-hybridized carbons (Fsp3) is 0.278. The standard InChI is InChI=1S/C18H17Cl2N3O3/c1-12-16(9-14(10-21)18(24)26-8-7-25-2)17(20)23(22-12)11-13-3-5-15(19)6-4-13/h3-6,9H,7-8,11H2,1-2H3/b14-9+. The van der Waals surface area contributed by atoms with Crippen molar-refractivity contribution in [3.8, 4) is 6.07 Å². The summed E-state index contributed by atoms with van der Waals surface area (Å²) in [6, 6.07) is 9.15. The van der Waals surface area contributed by atoms with E-state index in [0.717, 1.165) is 5.56 Å². The highest BCUT2D eigenvalue weighted by Crippen LogP contribution is 2.24. The Morgan fingerprint density at radius 3 is 2.62 bits per heavy atom. The summed E-state index contributed by atoms with van der Waals surface area (Å²) in [4.78, 5) is 12.0. The third-order valence-electron chi connectivity index (χ3n) is 3.50. The number of aromatic nitrogens is 2. The number of aryl methyl sites for hydroxylation is 1. The molecule has 0 N–H and O–H groups in total. The largest absolute Gasteiger partial charge is 0.459 e. The Morgan fingerprint density at radius 2 is 2.00 bits per heavy atom. The van der Waals surface area contributed by atoms with Crippen molar-refractivity contribution < 1.29 is 14.3 Å². The number of benzene rings is 1. The second-order valence-corrected chi connectivity index (χ2v) is 6.17. The van der Waals surface area contributed by atoms with Crippen molar-refractivity contribution in [3.63, 3.8) is 0 Å². The van der Waals surface area contributed by atoms with E-state index < -0.39 is 5.97 Å². The molecule has 0 amide bonds. The molecule has 1 aromatic carbocycles. The molecule has 0 radical (unpaired) electrons. The van der Waals surface area contributed by atoms with Gasteiger partial charge >= 0.3 is 5.97 Å². The van der Waals surface area contributed by atoms with Crippen LogP contribution in [0, 0.1) is 18.3 Å². The number of hydrogen-bond acceptors (Lipinski definition) is 5. The van der Waals surface area contributed by atoms with Gasteiger partial charge in [0.1, 0.15) is 23.4 Å². The van der Waals surface area contributed by atoms with Crippen LogP contribution in [0.2, 0.25) is 10.2 Å². The van der Waals surface area contributed by atoms with Gasteiger partial charge in [0.05, 0.1) is 18.8 Å². The Morgan fingerprint density at radius 1 is 1.31 bits per heavy atom. The average Bonchev–Trinajstić information content (AvgIpc) is 2.88. The Kier molecular flexibility index (Phi) is 7.22. The molecule has 136 valence electrons. The molecule has 26 heavy (non-hydrogen) atoms. The minimum atomic E-state index is -0.731. The summed E-state index contributed by atoms with van der Waals surface area (Å²) in [6.45, 7) is 2.51. The molecule has 0 bridgehead atoms. The molecule has 0 fully saturated rings. The summed E-state index contributed by atoms with van der Waals surface area (Å²) in [6.07, 6.45) is 1.39. The highest BCUT2D eigenvalue weighted by Gasteiger charge is 2.17. The molecule has 1 aromatic heterocycles. The van der Waals surface area contributed by atoms with Gasteiger partial charge in [-0.1, -0.05) is 35.3 Å². The van der Waals surface area contributed by atoms with Crippen LogP contribution in [0.25, 0.3) is 6.08 Å². The van der Waals surface area contributed by atoms with Gasteiger partial charge in [-0.2, -0.15) is 10.4 Å². The molecule has 0 aliphatic heterocycles. The van der Waals surface area contributed by atoms with Crippen LogP contribution < -0.4 is 0 Å². The van der Waals surface area contributed by atoms with Gasteiger partial charge in [0, 0.05) is 17.7 Å². The van der Waals surface area contributed by atoms with Crippen LogP contribution in [0.5, 0.6) is 0 Å². The molecule has 0 atom stereocenters. The van der Waals surface area contributed by atoms with Crippen LogP contribution >= 0.6 is 23.2 Å². The first-order chi connectivity index (χ1) is 12.5. The Hall–Kier alpha value is -2.33. The van der Waals surface area contributed by atoms with Crippen LogP contribution in [0.3, 0.4) is 0 Å². The topological polar surface area (TPSA) is 77.1 Å². The third kappa shape index (κ3) is 5.09. The number of ether oxygens (including phenoxy) is 2. The quantitative estimate of drug-likeness (QED) is 0.310. The predicted molar refractivity (Wildman–Crippen MR) is 99.0 cm³/mol. The number of methoxy groups -OCH3 is 1. The number of carbonyl (C=O) groups excluding carboxylic acids is 1. The SMILES string of the molecule is COCCOC(=O)/C(C#N)=C/c1c(C)nn(Cc2ccc(Cl)cc2)c1Cl. The Labute approximate surface area is 161 Å². The van der Waals surface area contributed by atoms with E-state index in [9.17, 15) is 10.1 Å². The van der Waals surface area contributed by atoms with E-state index in [-0.39, 0.29) is 18.8 Å². The number of nitriles is 1. The summed E-state index contributed by atoms with van der Waals surface area (Å²) < 4.78 is 11.4. The maximum atomic E-state index is 12.0. The lowest BCUT2D eigenvalue weighted by Crippen LogP contribution is -2.11. The van der Waals surface area contributed by atoms with E-state index in [0.29, 0.717) is 28.0 Å². The monoisotopic (exact) mass is 393 g/mol. The maximum absolute atomic E-state index is 12.0. The molecule has 0 saturated heterocycles. The summed E-state index contributed by atoms with van der Waals surface area (Å²) in [5, 5.41) is 14.6. The van der Waals surface area contributed by atoms with Gasteiger partial charge in [-0.15, -0.1) is 0 Å². The van der Waals surface area contributed by atoms with Gasteiger partial charge in [-0.3, -0.25) is 0 Å². The molecule has 0 spiro atoms. The van der Waals surface area contributed by atoms with Crippen molar-refractivity contribution >= 4 is 35.2 Å². The number of rotatable bonds is 7. The van der Waals surface area contributed by atoms with Gasteiger partial charge in [-0.25, -0.2) is 9.48 Å². The van der Waals surface area contributed by atoms with Crippen molar-refractivity contribution in [1.82, 2.24) is 9.78 Å². The molecule has 6 nitrogen and oxygen atoms in total. The van der Waals surface area contributed by atoms with Gasteiger partial charge in [-0.05, 0) is 30.7 Å². The van der Waals surface area contributed by atoms with Crippen molar-refractivity contribution in [3.05, 3.63) is 56.8 Å². The van der Waals surface area contributed by atoms with Crippen LogP contribution in [0.15, 0.2) is 29.8 Å². The normalized spacial score (nSPS) is 11.3. The van der Waals surface area contributed by atoms with Crippen molar-refractivity contribution in [2.24, 2.45) is 0 Å². The number of nitrogens with zero attached hydrogens (tertiary/aromatic N) is 3. The van der Waals surface area contributed by atoms with Crippen LogP contribution in [-0.2, 0) is 20.8 Å². The van der Waals surface area contributed by atoms with Crippen LogP contribution in [0.4, 0.5) is 0 Å². The second kappa shape index (κ2) is 9.39. The molecule has 2 aromatic rings. The van der Waals surface area contributed by atoms with E-state index >= 15 is 0 Å². The lowest BCUT2D eigenvalue weighted by atomic mass is 10.1. The number of halogens is 2. The fourth-order valence-corrected chi connectivity index (χ4v) is 2.59. The van der Waals surface area contributed by atoms with E-state index in [4.69, 9.17) is 32.7 Å². The smallest absolute Gasteiger partial charge is 0.348 e. The van der Waals surface area contributed by atoms with E-state index in [1.807, 2.05) is 18.2 Å². The minimum Gasteiger partial charge on any atom is -0.459 e. The maximum Gasteiger partial charge on any atom is 0.348 e. The molecule has 8 heteroatoms. The first-order valence-electron chi connectivity index (χ1n) is 7.71.